The van der Waals surface area contributed by atoms with Gasteiger partial charge in [-0.05, 0) is 19.9 Å². The molecule has 11 heteroatoms. The number of ether oxygens (including phenoxy) is 2. The average Bonchev–Trinajstić information content (AvgIpc) is 2.61. The van der Waals surface area contributed by atoms with Gasteiger partial charge in [0, 0.05) is 19.0 Å². The van der Waals surface area contributed by atoms with Crippen molar-refractivity contribution in [3.8, 4) is 0 Å². The Kier molecular flexibility index (Phi) is 8.32. The molecule has 0 radical (unpaired) electrons. The van der Waals surface area contributed by atoms with E-state index in [0.29, 0.717) is 13.1 Å². The lowest BCUT2D eigenvalue weighted by Crippen LogP contribution is -2.52. The van der Waals surface area contributed by atoms with Gasteiger partial charge in [-0.25, -0.2) is 14.6 Å². The van der Waals surface area contributed by atoms with Gasteiger partial charge in [-0.15, -0.1) is 0 Å². The van der Waals surface area contributed by atoms with E-state index in [9.17, 15) is 24.9 Å². The molecule has 154 valence electrons. The molecule has 0 unspecified atom stereocenters. The second-order valence-electron chi connectivity index (χ2n) is 6.09. The topological polar surface area (TPSA) is 181 Å². The first-order chi connectivity index (χ1) is 12.7. The third-order valence-electron chi connectivity index (χ3n) is 4.30. The maximum Gasteiger partial charge on any atom is 0.410 e. The lowest BCUT2D eigenvalue weighted by Gasteiger charge is -2.38. The smallest absolute Gasteiger partial charge is 0.410 e. The lowest BCUT2D eigenvalue weighted by atomic mass is 9.87. The number of rotatable bonds is 8. The molecule has 1 rings (SSSR count). The van der Waals surface area contributed by atoms with Gasteiger partial charge in [-0.2, -0.15) is 0 Å². The van der Waals surface area contributed by atoms with Crippen molar-refractivity contribution < 1.29 is 34.4 Å². The van der Waals surface area contributed by atoms with Gasteiger partial charge in [0.25, 0.3) is 0 Å². The molecule has 0 saturated heterocycles. The molecule has 0 aliphatic carbocycles. The number of nitrogens with two attached hydrogens (primary N) is 2. The van der Waals surface area contributed by atoms with Crippen molar-refractivity contribution >= 4 is 18.0 Å². The fraction of sp³-hybridized carbons (Fsp3) is 0.688. The highest BCUT2D eigenvalue weighted by molar-refractivity contribution is 5.85. The van der Waals surface area contributed by atoms with Gasteiger partial charge in [0.1, 0.15) is 12.2 Å². The molecule has 7 N–H and O–H groups in total. The number of nitrogens with zero attached hydrogens (tertiary/aromatic N) is 2. The molecule has 0 aromatic carbocycles. The van der Waals surface area contributed by atoms with Crippen LogP contribution in [0.4, 0.5) is 4.79 Å². The first-order valence-electron chi connectivity index (χ1n) is 8.61. The molecule has 11 nitrogen and oxygen atoms in total. The van der Waals surface area contributed by atoms with Crippen molar-refractivity contribution in [3.63, 3.8) is 0 Å². The summed E-state index contributed by atoms with van der Waals surface area (Å²) in [5.41, 5.74) is 10.8. The van der Waals surface area contributed by atoms with Gasteiger partial charge in [0.2, 0.25) is 5.76 Å². The normalized spacial score (nSPS) is 24.0. The van der Waals surface area contributed by atoms with E-state index >= 15 is 0 Å². The van der Waals surface area contributed by atoms with Crippen LogP contribution in [0.25, 0.3) is 0 Å². The molecule has 1 aliphatic heterocycles. The molecule has 0 fully saturated rings. The zero-order valence-corrected chi connectivity index (χ0v) is 15.6. The van der Waals surface area contributed by atoms with Crippen molar-refractivity contribution in [2.24, 2.45) is 22.4 Å². The minimum absolute atomic E-state index is 0.257. The van der Waals surface area contributed by atoms with Crippen molar-refractivity contribution in [3.05, 3.63) is 11.8 Å². The lowest BCUT2D eigenvalue weighted by molar-refractivity contribution is -0.147. The van der Waals surface area contributed by atoms with E-state index in [2.05, 4.69) is 4.99 Å². The van der Waals surface area contributed by atoms with E-state index < -0.39 is 54.7 Å². The maximum atomic E-state index is 12.3. The van der Waals surface area contributed by atoms with Crippen LogP contribution in [-0.2, 0) is 14.3 Å². The number of carboxylic acid groups (broad SMARTS) is 1. The number of hydrogen-bond donors (Lipinski definition) is 5. The second-order valence-corrected chi connectivity index (χ2v) is 6.09. The SMILES string of the molecule is CCN(CC)C(=O)O[C@@H]([C@@H]1OC(C(=O)O)=C[C@H](N=C(N)N)[C@H]1C)[C@H](O)CO. The zero-order valence-electron chi connectivity index (χ0n) is 15.6. The van der Waals surface area contributed by atoms with Crippen LogP contribution in [0.5, 0.6) is 0 Å². The number of carbonyl (C=O) groups excluding carboxylic acids is 1. The summed E-state index contributed by atoms with van der Waals surface area (Å²) < 4.78 is 10.8. The van der Waals surface area contributed by atoms with E-state index in [4.69, 9.17) is 20.9 Å². The number of carboxylic acids is 1. The van der Waals surface area contributed by atoms with Crippen LogP contribution < -0.4 is 11.5 Å². The van der Waals surface area contributed by atoms with Gasteiger partial charge >= 0.3 is 12.1 Å². The zero-order chi connectivity index (χ0) is 20.7. The Morgan fingerprint density at radius 2 is 1.96 bits per heavy atom. The number of aliphatic carboxylic acids is 1. The van der Waals surface area contributed by atoms with Crippen LogP contribution in [0.15, 0.2) is 16.8 Å². The highest BCUT2D eigenvalue weighted by Crippen LogP contribution is 2.30. The molecule has 5 atom stereocenters. The molecule has 1 heterocycles. The third kappa shape index (κ3) is 5.73. The highest BCUT2D eigenvalue weighted by atomic mass is 16.6. The van der Waals surface area contributed by atoms with E-state index in [1.165, 1.54) is 11.0 Å². The molecule has 1 aliphatic rings. The number of guanidine groups is 1. The van der Waals surface area contributed by atoms with Crippen LogP contribution in [-0.4, -0.2) is 82.3 Å². The summed E-state index contributed by atoms with van der Waals surface area (Å²) >= 11 is 0. The first kappa shape index (κ1) is 22.5. The summed E-state index contributed by atoms with van der Waals surface area (Å²) in [6.45, 7) is 5.18. The molecular formula is C16H28N4O7. The first-order valence-corrected chi connectivity index (χ1v) is 8.61. The Bertz CT molecular complexity index is 587. The Morgan fingerprint density at radius 3 is 2.41 bits per heavy atom. The molecule has 0 aromatic heterocycles. The number of hydrogen-bond acceptors (Lipinski definition) is 7. The number of aliphatic hydroxyl groups excluding tert-OH is 2. The summed E-state index contributed by atoms with van der Waals surface area (Å²) in [6.07, 6.45) is -3.42. The molecule has 0 bridgehead atoms. The monoisotopic (exact) mass is 388 g/mol. The Morgan fingerprint density at radius 1 is 1.37 bits per heavy atom. The van der Waals surface area contributed by atoms with Crippen LogP contribution in [0.2, 0.25) is 0 Å². The van der Waals surface area contributed by atoms with E-state index in [1.807, 2.05) is 0 Å². The number of amides is 1. The van der Waals surface area contributed by atoms with Gasteiger partial charge < -0.3 is 41.2 Å². The van der Waals surface area contributed by atoms with Gasteiger partial charge in [0.15, 0.2) is 12.1 Å². The van der Waals surface area contributed by atoms with Gasteiger partial charge in [-0.1, -0.05) is 6.92 Å². The minimum Gasteiger partial charge on any atom is -0.479 e. The quantitative estimate of drug-likeness (QED) is 0.253. The van der Waals surface area contributed by atoms with E-state index in [-0.39, 0.29) is 5.96 Å². The third-order valence-corrected chi connectivity index (χ3v) is 4.30. The Balaban J connectivity index is 3.22. The van der Waals surface area contributed by atoms with Crippen molar-refractivity contribution in [1.29, 1.82) is 0 Å². The van der Waals surface area contributed by atoms with Gasteiger partial charge in [-0.3, -0.25) is 0 Å². The summed E-state index contributed by atoms with van der Waals surface area (Å²) in [5.74, 6) is -2.63. The van der Waals surface area contributed by atoms with Crippen molar-refractivity contribution in [2.75, 3.05) is 19.7 Å². The second kappa shape index (κ2) is 9.97. The summed E-state index contributed by atoms with van der Waals surface area (Å²) in [4.78, 5) is 29.0. The predicted molar refractivity (Wildman–Crippen MR) is 95.6 cm³/mol. The van der Waals surface area contributed by atoms with Crippen LogP contribution >= 0.6 is 0 Å². The minimum atomic E-state index is -1.50. The van der Waals surface area contributed by atoms with E-state index in [0.717, 1.165) is 0 Å². The molecule has 0 spiro atoms. The standard InChI is InChI=1S/C16H28N4O7/c1-4-20(5-2)16(25)27-13(10(22)7-21)12-8(3)9(19-15(17)18)6-11(26-12)14(23)24/h6,8-10,12-13,21-22H,4-5,7H2,1-3H3,(H,23,24)(H4,17,18,19)/t8-,9+,10-,12-,13-/m1/s1. The highest BCUT2D eigenvalue weighted by Gasteiger charge is 2.44. The molecule has 0 saturated carbocycles. The van der Waals surface area contributed by atoms with Crippen LogP contribution in [0, 0.1) is 5.92 Å². The van der Waals surface area contributed by atoms with Crippen LogP contribution in [0.3, 0.4) is 0 Å². The summed E-state index contributed by atoms with van der Waals surface area (Å²) in [7, 11) is 0. The molecule has 0 aromatic rings. The Hall–Kier alpha value is -2.53. The Labute approximate surface area is 157 Å². The fourth-order valence-corrected chi connectivity index (χ4v) is 2.75. The fourth-order valence-electron chi connectivity index (χ4n) is 2.75. The maximum absolute atomic E-state index is 12.3. The number of carbonyl (C=O) groups is 2. The van der Waals surface area contributed by atoms with Gasteiger partial charge in [0.05, 0.1) is 12.6 Å². The number of aliphatic imine (C=N–C) groups is 1. The van der Waals surface area contributed by atoms with Crippen molar-refractivity contribution in [2.45, 2.75) is 45.1 Å². The van der Waals surface area contributed by atoms with Crippen LogP contribution in [0.1, 0.15) is 20.8 Å². The molecule has 27 heavy (non-hydrogen) atoms. The van der Waals surface area contributed by atoms with Crippen molar-refractivity contribution in [1.82, 2.24) is 4.90 Å². The average molecular weight is 388 g/mol. The largest absolute Gasteiger partial charge is 0.479 e. The number of aliphatic hydroxyl groups is 2. The summed E-state index contributed by atoms with van der Waals surface area (Å²) in [5, 5.41) is 28.8. The molecule has 1 amide bonds. The predicted octanol–water partition coefficient (Wildman–Crippen LogP) is -1.17. The van der Waals surface area contributed by atoms with E-state index in [1.54, 1.807) is 20.8 Å². The summed E-state index contributed by atoms with van der Waals surface area (Å²) in [6, 6.07) is -0.777. The molecular weight excluding hydrogens is 360 g/mol.